The molecule has 2 aliphatic heterocycles. The van der Waals surface area contributed by atoms with E-state index >= 15 is 0 Å². The Morgan fingerprint density at radius 2 is 1.07 bits per heavy atom. The Hall–Kier alpha value is -6.38. The Morgan fingerprint density at radius 1 is 0.676 bits per heavy atom. The van der Waals surface area contributed by atoms with Crippen molar-refractivity contribution in [1.82, 2.24) is 29.3 Å². The minimum atomic E-state index is -4.46. The Balaban J connectivity index is 0.000000244. The summed E-state index contributed by atoms with van der Waals surface area (Å²) in [6.07, 6.45) is -10.7. The van der Waals surface area contributed by atoms with Gasteiger partial charge < -0.3 is 49.7 Å². The number of aliphatic hydroxyl groups excluding tert-OH is 2. The van der Waals surface area contributed by atoms with Gasteiger partial charge in [-0.25, -0.2) is 19.2 Å². The van der Waals surface area contributed by atoms with Crippen LogP contribution in [0.3, 0.4) is 0 Å². The van der Waals surface area contributed by atoms with Crippen molar-refractivity contribution in [2.24, 2.45) is 0 Å². The van der Waals surface area contributed by atoms with Gasteiger partial charge >= 0.3 is 42.9 Å². The van der Waals surface area contributed by atoms with Crippen LogP contribution in [-0.2, 0) is 59.9 Å². The van der Waals surface area contributed by atoms with Gasteiger partial charge in [-0.2, -0.15) is 32.6 Å². The quantitative estimate of drug-likeness (QED) is 0.0365. The number of carbonyl (C=O) groups excluding carboxylic acids is 2. The normalized spacial score (nSPS) is 23.2. The molecular formula is C45H52F4N8O15P2. The van der Waals surface area contributed by atoms with Crippen molar-refractivity contribution in [2.75, 3.05) is 31.3 Å². The number of hydrogen-bond donors (Lipinski definition) is 6. The van der Waals surface area contributed by atoms with Crippen molar-refractivity contribution in [2.45, 2.75) is 87.9 Å². The summed E-state index contributed by atoms with van der Waals surface area (Å²) in [6.45, 7) is 2.28. The first-order valence-electron chi connectivity index (χ1n) is 22.2. The number of nitrogen functional groups attached to an aromatic ring is 2. The number of rotatable bonds is 20. The lowest BCUT2D eigenvalue weighted by atomic mass is 10.1. The molecule has 2 unspecified atom stereocenters. The first-order chi connectivity index (χ1) is 34.9. The molecule has 29 heteroatoms. The molecule has 400 valence electrons. The number of nitrogens with zero attached hydrogens (tertiary/aromatic N) is 4. The van der Waals surface area contributed by atoms with Crippen LogP contribution >= 0.6 is 15.3 Å². The van der Waals surface area contributed by atoms with Crippen molar-refractivity contribution in [3.8, 4) is 5.75 Å². The van der Waals surface area contributed by atoms with Crippen LogP contribution in [0.15, 0.2) is 125 Å². The Morgan fingerprint density at radius 3 is 1.49 bits per heavy atom. The number of hydrogen-bond acceptors (Lipinski definition) is 19. The number of nitrogens with two attached hydrogens (primary N) is 2. The van der Waals surface area contributed by atoms with Crippen LogP contribution in [0.1, 0.15) is 37.4 Å². The zero-order valence-electron chi connectivity index (χ0n) is 39.5. The molecule has 0 amide bonds. The topological polar surface area (TPSA) is 319 Å². The summed E-state index contributed by atoms with van der Waals surface area (Å²) in [6, 6.07) is 25.5. The number of aromatic nitrogens is 4. The molecule has 2 saturated heterocycles. The number of anilines is 2. The smallest absolute Gasteiger partial charge is 0.459 e. The number of halogens is 4. The van der Waals surface area contributed by atoms with Crippen molar-refractivity contribution in [3.05, 3.63) is 148 Å². The fraction of sp³-hybridized carbons (Fsp3) is 0.378. The van der Waals surface area contributed by atoms with E-state index in [0.717, 1.165) is 42.3 Å². The zero-order chi connectivity index (χ0) is 54.0. The third-order valence-electron chi connectivity index (χ3n) is 10.8. The second-order valence-electron chi connectivity index (χ2n) is 16.6. The summed E-state index contributed by atoms with van der Waals surface area (Å²) in [7, 11) is -8.17. The first kappa shape index (κ1) is 56.9. The lowest BCUT2D eigenvalue weighted by molar-refractivity contribution is -0.147. The predicted molar refractivity (Wildman–Crippen MR) is 253 cm³/mol. The van der Waals surface area contributed by atoms with E-state index in [4.69, 9.17) is 44.0 Å². The number of nitrogens with one attached hydrogen (secondary N) is 2. The average Bonchev–Trinajstić information content (AvgIpc) is 3.72. The van der Waals surface area contributed by atoms with Crippen LogP contribution in [0.4, 0.5) is 29.2 Å². The first-order valence-corrected chi connectivity index (χ1v) is 25.8. The van der Waals surface area contributed by atoms with Gasteiger partial charge in [0.25, 0.3) is 7.52 Å². The molecule has 8 N–H and O–H groups in total. The molecule has 2 aliphatic rings. The number of ether oxygens (including phenoxy) is 4. The highest BCUT2D eigenvalue weighted by molar-refractivity contribution is 7.56. The minimum Gasteiger partial charge on any atom is -0.460 e. The van der Waals surface area contributed by atoms with Crippen molar-refractivity contribution < 1.29 is 79.0 Å². The van der Waals surface area contributed by atoms with Gasteiger partial charge in [0.2, 0.25) is 12.5 Å². The summed E-state index contributed by atoms with van der Waals surface area (Å²) < 4.78 is 123. The molecule has 0 saturated carbocycles. The second-order valence-corrected chi connectivity index (χ2v) is 20.5. The molecule has 23 nitrogen and oxygen atoms in total. The van der Waals surface area contributed by atoms with E-state index < -0.39 is 113 Å². The number of carbonyl (C=O) groups is 2. The summed E-state index contributed by atoms with van der Waals surface area (Å²) in [5, 5.41) is 25.2. The van der Waals surface area contributed by atoms with E-state index in [2.05, 4.69) is 20.1 Å². The molecule has 2 fully saturated rings. The van der Waals surface area contributed by atoms with Gasteiger partial charge in [-0.1, -0.05) is 78.9 Å². The Bertz CT molecular complexity index is 2920. The van der Waals surface area contributed by atoms with E-state index in [1.807, 2.05) is 6.07 Å². The van der Waals surface area contributed by atoms with Gasteiger partial charge in [0.1, 0.15) is 54.9 Å². The maximum atomic E-state index is 14.9. The Kier molecular flexibility index (Phi) is 18.7. The number of alkyl halides is 4. The van der Waals surface area contributed by atoms with Crippen LogP contribution in [0, 0.1) is 0 Å². The average molecular weight is 1080 g/mol. The monoisotopic (exact) mass is 1080 g/mol. The van der Waals surface area contributed by atoms with Gasteiger partial charge in [0, 0.05) is 19.1 Å². The van der Waals surface area contributed by atoms with E-state index in [1.54, 1.807) is 72.8 Å². The summed E-state index contributed by atoms with van der Waals surface area (Å²) >= 11 is 0. The molecule has 7 rings (SSSR count). The molecule has 2 aromatic heterocycles. The number of para-hydroxylation sites is 1. The maximum Gasteiger partial charge on any atom is 0.459 e. The van der Waals surface area contributed by atoms with E-state index in [0.29, 0.717) is 9.13 Å². The molecule has 0 spiro atoms. The van der Waals surface area contributed by atoms with Crippen LogP contribution < -0.4 is 37.5 Å². The van der Waals surface area contributed by atoms with Gasteiger partial charge in [-0.15, -0.1) is 0 Å². The summed E-state index contributed by atoms with van der Waals surface area (Å²) in [5.41, 5.74) is 10.0. The molecule has 3 aromatic carbocycles. The number of esters is 2. The highest BCUT2D eigenvalue weighted by Gasteiger charge is 2.61. The molecule has 0 bridgehead atoms. The lowest BCUT2D eigenvalue weighted by Gasteiger charge is -2.24. The van der Waals surface area contributed by atoms with Crippen LogP contribution in [0.25, 0.3) is 0 Å². The molecule has 10 atom stereocenters. The minimum absolute atomic E-state index is 0.0124. The summed E-state index contributed by atoms with van der Waals surface area (Å²) in [4.78, 5) is 55.5. The molecule has 0 aliphatic carbocycles. The molecule has 4 heterocycles. The predicted octanol–water partition coefficient (Wildman–Crippen LogP) is 3.92. The standard InChI is InChI=1S/C25H27F2N4O8P.C20H25F2N4O7P/c1-16(22(33)36-14-17-8-4-2-5-9-17)30-40(35,39-18-10-6-3-7-11-18)37-15-19-21(32)25(26,27)23(38-19)31-13-12-20(28)29-24(31)34;1-12(17(28)31-10-13-6-4-3-5-7-13)25-34(2,30)32-11-14-16(27)20(21,22)18(33-14)26-9-8-15(23)24-19(26)29/h2-13,16,19,21,23,32H,14-15H2,1H3,(H,30,35)(H2,28,29,34);3-9,12,14,16,18,27H,10-11H2,1-2H3,(H,25,30)(H2,23,24,29)/t16-,19+,21?,23+,40-;12-,14+,16?,18+,34-/m00/s1. The van der Waals surface area contributed by atoms with Crippen LogP contribution in [0.5, 0.6) is 5.75 Å². The SMILES string of the molecule is C[C@H](N[P@@](C)(=O)OC[C@H]1O[C@@H](n2ccc(N)nc2=O)C(F)(F)C1O)C(=O)OCc1ccccc1.C[C@H](N[P@](=O)(OC[C@H]1O[C@@H](n2ccc(N)nc2=O)C(F)(F)C1O)Oc1ccccc1)C(=O)OCc1ccccc1. The van der Waals surface area contributed by atoms with Crippen molar-refractivity contribution >= 4 is 38.8 Å². The van der Waals surface area contributed by atoms with Crippen molar-refractivity contribution in [1.29, 1.82) is 0 Å². The number of benzene rings is 3. The summed E-state index contributed by atoms with van der Waals surface area (Å²) in [5.74, 6) is -9.60. The van der Waals surface area contributed by atoms with Gasteiger partial charge in [-0.05, 0) is 49.2 Å². The number of aliphatic hydroxyl groups is 2. The molecule has 74 heavy (non-hydrogen) atoms. The Labute approximate surface area is 418 Å². The fourth-order valence-corrected chi connectivity index (χ4v) is 9.77. The second kappa shape index (κ2) is 24.3. The third kappa shape index (κ3) is 14.7. The molecule has 0 radical (unpaired) electrons. The zero-order valence-corrected chi connectivity index (χ0v) is 41.3. The van der Waals surface area contributed by atoms with Crippen molar-refractivity contribution in [3.63, 3.8) is 0 Å². The highest BCUT2D eigenvalue weighted by Crippen LogP contribution is 2.49. The third-order valence-corrected chi connectivity index (χ3v) is 13.9. The van der Waals surface area contributed by atoms with Gasteiger partial charge in [0.15, 0.2) is 12.2 Å². The van der Waals surface area contributed by atoms with Gasteiger partial charge in [0.05, 0.1) is 13.2 Å². The fourth-order valence-electron chi connectivity index (χ4n) is 6.96. The van der Waals surface area contributed by atoms with E-state index in [-0.39, 0.29) is 30.6 Å². The van der Waals surface area contributed by atoms with E-state index in [9.17, 15) is 56.1 Å². The molecule has 5 aromatic rings. The van der Waals surface area contributed by atoms with Gasteiger partial charge in [-0.3, -0.25) is 27.8 Å². The maximum absolute atomic E-state index is 14.9. The molecular weight excluding hydrogens is 1030 g/mol. The lowest BCUT2D eigenvalue weighted by Crippen LogP contribution is -2.42. The van der Waals surface area contributed by atoms with E-state index in [1.165, 1.54) is 26.0 Å². The largest absolute Gasteiger partial charge is 0.460 e. The van der Waals surface area contributed by atoms with Crippen LogP contribution in [0.2, 0.25) is 0 Å². The van der Waals surface area contributed by atoms with Crippen LogP contribution in [-0.4, -0.2) is 109 Å². The highest BCUT2D eigenvalue weighted by atomic mass is 31.2.